The molecule has 0 aliphatic rings. The highest BCUT2D eigenvalue weighted by atomic mass is 35.5. The average molecular weight is 370 g/mol. The predicted octanol–water partition coefficient (Wildman–Crippen LogP) is 2.35. The van der Waals surface area contributed by atoms with Crippen molar-refractivity contribution in [2.24, 2.45) is 0 Å². The molecule has 2 aromatic carbocycles. The molecule has 0 spiro atoms. The molecular formula is C19H16ClN3O3. The van der Waals surface area contributed by atoms with Crippen molar-refractivity contribution >= 4 is 23.2 Å². The first-order chi connectivity index (χ1) is 12.5. The number of anilines is 1. The van der Waals surface area contributed by atoms with Crippen LogP contribution in [0.5, 0.6) is 0 Å². The minimum Gasteiger partial charge on any atom is -0.324 e. The Kier molecular flexibility index (Phi) is 5.34. The zero-order valence-electron chi connectivity index (χ0n) is 13.8. The summed E-state index contributed by atoms with van der Waals surface area (Å²) in [5.41, 5.74) is 0.00926. The fraction of sp³-hybridized carbons (Fsp3) is 0.105. The number of hydrogen-bond donors (Lipinski definition) is 1. The van der Waals surface area contributed by atoms with Gasteiger partial charge in [0.05, 0.1) is 6.54 Å². The monoisotopic (exact) mass is 369 g/mol. The Labute approximate surface area is 154 Å². The van der Waals surface area contributed by atoms with Gasteiger partial charge in [-0.2, -0.15) is 0 Å². The molecule has 0 bridgehead atoms. The van der Waals surface area contributed by atoms with Crippen molar-refractivity contribution in [3.8, 4) is 0 Å². The van der Waals surface area contributed by atoms with Crippen molar-refractivity contribution in [1.29, 1.82) is 0 Å². The second-order valence-electron chi connectivity index (χ2n) is 5.71. The fourth-order valence-electron chi connectivity index (χ4n) is 2.49. The van der Waals surface area contributed by atoms with E-state index in [1.165, 1.54) is 17.0 Å². The van der Waals surface area contributed by atoms with E-state index in [1.54, 1.807) is 24.3 Å². The van der Waals surface area contributed by atoms with Crippen LogP contribution in [0.2, 0.25) is 5.02 Å². The first-order valence-electron chi connectivity index (χ1n) is 7.92. The highest BCUT2D eigenvalue weighted by molar-refractivity contribution is 6.30. The SMILES string of the molecule is O=C(Cn1ccn(Cc2ccccc2)c(=O)c1=O)Nc1cccc(Cl)c1. The molecule has 132 valence electrons. The van der Waals surface area contributed by atoms with E-state index in [0.717, 1.165) is 10.1 Å². The number of rotatable bonds is 5. The van der Waals surface area contributed by atoms with Crippen LogP contribution in [-0.4, -0.2) is 15.0 Å². The van der Waals surface area contributed by atoms with Crippen LogP contribution >= 0.6 is 11.6 Å². The molecular weight excluding hydrogens is 354 g/mol. The Hall–Kier alpha value is -3.12. The van der Waals surface area contributed by atoms with Crippen LogP contribution in [0.15, 0.2) is 76.6 Å². The molecule has 0 aliphatic heterocycles. The summed E-state index contributed by atoms with van der Waals surface area (Å²) in [4.78, 5) is 36.6. The number of aromatic nitrogens is 2. The predicted molar refractivity (Wildman–Crippen MR) is 101 cm³/mol. The first kappa shape index (κ1) is 17.7. The van der Waals surface area contributed by atoms with Gasteiger partial charge >= 0.3 is 11.1 Å². The zero-order valence-corrected chi connectivity index (χ0v) is 14.5. The molecule has 3 rings (SSSR count). The summed E-state index contributed by atoms with van der Waals surface area (Å²) in [6, 6.07) is 16.0. The van der Waals surface area contributed by atoms with E-state index in [9.17, 15) is 14.4 Å². The standard InChI is InChI=1S/C19H16ClN3O3/c20-15-7-4-8-16(11-15)21-17(24)13-23-10-9-22(18(25)19(23)26)12-14-5-2-1-3-6-14/h1-11H,12-13H2,(H,21,24). The Morgan fingerprint density at radius 1 is 0.923 bits per heavy atom. The summed E-state index contributed by atoms with van der Waals surface area (Å²) >= 11 is 5.87. The van der Waals surface area contributed by atoms with E-state index in [0.29, 0.717) is 17.3 Å². The number of halogens is 1. The molecule has 1 N–H and O–H groups in total. The lowest BCUT2D eigenvalue weighted by molar-refractivity contribution is -0.116. The van der Waals surface area contributed by atoms with Crippen molar-refractivity contribution in [1.82, 2.24) is 9.13 Å². The smallest absolute Gasteiger partial charge is 0.316 e. The summed E-state index contributed by atoms with van der Waals surface area (Å²) in [7, 11) is 0. The van der Waals surface area contributed by atoms with Crippen LogP contribution in [-0.2, 0) is 17.9 Å². The van der Waals surface area contributed by atoms with Gasteiger partial charge in [-0.05, 0) is 23.8 Å². The third-order valence-electron chi connectivity index (χ3n) is 3.75. The number of hydrogen-bond acceptors (Lipinski definition) is 3. The van der Waals surface area contributed by atoms with E-state index in [-0.39, 0.29) is 6.54 Å². The van der Waals surface area contributed by atoms with Gasteiger partial charge in [-0.15, -0.1) is 0 Å². The molecule has 1 heterocycles. The molecule has 0 aliphatic carbocycles. The van der Waals surface area contributed by atoms with E-state index in [1.807, 2.05) is 30.3 Å². The maximum absolute atomic E-state index is 12.3. The summed E-state index contributed by atoms with van der Waals surface area (Å²) in [6.07, 6.45) is 2.94. The van der Waals surface area contributed by atoms with E-state index in [4.69, 9.17) is 11.6 Å². The third-order valence-corrected chi connectivity index (χ3v) is 3.98. The van der Waals surface area contributed by atoms with Gasteiger partial charge in [0.2, 0.25) is 5.91 Å². The minimum atomic E-state index is -0.746. The molecule has 0 fully saturated rings. The number of carbonyl (C=O) groups is 1. The van der Waals surface area contributed by atoms with Gasteiger partial charge in [0.15, 0.2) is 0 Å². The molecule has 3 aromatic rings. The molecule has 1 aromatic heterocycles. The van der Waals surface area contributed by atoms with Gasteiger partial charge in [-0.3, -0.25) is 19.0 Å². The average Bonchev–Trinajstić information content (AvgIpc) is 2.62. The molecule has 1 amide bonds. The number of benzene rings is 2. The van der Waals surface area contributed by atoms with E-state index in [2.05, 4.69) is 5.32 Å². The molecule has 26 heavy (non-hydrogen) atoms. The van der Waals surface area contributed by atoms with Crippen molar-refractivity contribution < 1.29 is 4.79 Å². The molecule has 0 atom stereocenters. The maximum atomic E-state index is 12.3. The summed E-state index contributed by atoms with van der Waals surface area (Å²) in [5.74, 6) is -0.422. The lowest BCUT2D eigenvalue weighted by Crippen LogP contribution is -2.42. The van der Waals surface area contributed by atoms with Crippen molar-refractivity contribution in [2.75, 3.05) is 5.32 Å². The Morgan fingerprint density at radius 3 is 2.35 bits per heavy atom. The lowest BCUT2D eigenvalue weighted by Gasteiger charge is -2.10. The Morgan fingerprint density at radius 2 is 1.62 bits per heavy atom. The largest absolute Gasteiger partial charge is 0.324 e. The second-order valence-corrected chi connectivity index (χ2v) is 6.14. The molecule has 0 saturated heterocycles. The van der Waals surface area contributed by atoms with E-state index < -0.39 is 17.0 Å². The molecule has 7 heteroatoms. The Balaban J connectivity index is 1.75. The lowest BCUT2D eigenvalue weighted by atomic mass is 10.2. The number of carbonyl (C=O) groups excluding carboxylic acids is 1. The molecule has 0 saturated carbocycles. The van der Waals surface area contributed by atoms with Gasteiger partial charge in [-0.1, -0.05) is 48.0 Å². The number of nitrogens with one attached hydrogen (secondary N) is 1. The summed E-state index contributed by atoms with van der Waals surface area (Å²) < 4.78 is 2.41. The third kappa shape index (κ3) is 4.29. The molecule has 0 unspecified atom stereocenters. The highest BCUT2D eigenvalue weighted by Gasteiger charge is 2.09. The summed E-state index contributed by atoms with van der Waals surface area (Å²) in [5, 5.41) is 3.13. The maximum Gasteiger partial charge on any atom is 0.316 e. The van der Waals surface area contributed by atoms with Crippen molar-refractivity contribution in [3.63, 3.8) is 0 Å². The van der Waals surface area contributed by atoms with Crippen LogP contribution in [0.1, 0.15) is 5.56 Å². The van der Waals surface area contributed by atoms with Crippen LogP contribution in [0, 0.1) is 0 Å². The van der Waals surface area contributed by atoms with Gasteiger partial charge in [0.25, 0.3) is 0 Å². The normalized spacial score (nSPS) is 10.5. The van der Waals surface area contributed by atoms with Gasteiger partial charge < -0.3 is 9.88 Å². The van der Waals surface area contributed by atoms with Crippen molar-refractivity contribution in [3.05, 3.63) is 98.3 Å². The fourth-order valence-corrected chi connectivity index (χ4v) is 2.68. The van der Waals surface area contributed by atoms with E-state index >= 15 is 0 Å². The first-order valence-corrected chi connectivity index (χ1v) is 8.30. The van der Waals surface area contributed by atoms with Gasteiger partial charge in [0, 0.05) is 23.1 Å². The van der Waals surface area contributed by atoms with Crippen molar-refractivity contribution in [2.45, 2.75) is 13.1 Å². The van der Waals surface area contributed by atoms with Crippen LogP contribution < -0.4 is 16.4 Å². The van der Waals surface area contributed by atoms with Crippen LogP contribution in [0.25, 0.3) is 0 Å². The Bertz CT molecular complexity index is 1040. The highest BCUT2D eigenvalue weighted by Crippen LogP contribution is 2.14. The molecule has 0 radical (unpaired) electrons. The zero-order chi connectivity index (χ0) is 18.5. The second kappa shape index (κ2) is 7.84. The summed E-state index contributed by atoms with van der Waals surface area (Å²) in [6.45, 7) is 0.0389. The van der Waals surface area contributed by atoms with Gasteiger partial charge in [-0.25, -0.2) is 0 Å². The quantitative estimate of drug-likeness (QED) is 0.702. The van der Waals surface area contributed by atoms with Crippen LogP contribution in [0.4, 0.5) is 5.69 Å². The number of nitrogens with zero attached hydrogens (tertiary/aromatic N) is 2. The topological polar surface area (TPSA) is 73.1 Å². The molecule has 6 nitrogen and oxygen atoms in total. The minimum absolute atomic E-state index is 0.257. The van der Waals surface area contributed by atoms with Gasteiger partial charge in [0.1, 0.15) is 6.54 Å². The van der Waals surface area contributed by atoms with Crippen LogP contribution in [0.3, 0.4) is 0 Å². The number of amides is 1.